The van der Waals surface area contributed by atoms with E-state index in [2.05, 4.69) is 67.0 Å². The molecule has 2 aromatic rings. The van der Waals surface area contributed by atoms with Crippen LogP contribution in [0, 0.1) is 11.3 Å². The zero-order chi connectivity index (χ0) is 16.6. The number of hydrogen-bond acceptors (Lipinski definition) is 4. The molecule has 23 heavy (non-hydrogen) atoms. The molecule has 1 unspecified atom stereocenters. The van der Waals surface area contributed by atoms with Crippen LogP contribution < -0.4 is 10.6 Å². The van der Waals surface area contributed by atoms with Crippen molar-refractivity contribution >= 4 is 48.8 Å². The van der Waals surface area contributed by atoms with Gasteiger partial charge in [0.2, 0.25) is 5.95 Å². The molecule has 2 N–H and O–H groups in total. The maximum Gasteiger partial charge on any atom is 0.204 e. The molecular weight excluding hydrogens is 422 g/mol. The first-order valence-electron chi connectivity index (χ1n) is 7.80. The molecule has 1 fully saturated rings. The SMILES string of the molecule is CC(C)n1c(NC2CCCNC2)nc2c(C#N)c(Br)c(Br)cc21. The summed E-state index contributed by atoms with van der Waals surface area (Å²) in [5.74, 6) is 0.838. The molecule has 1 atom stereocenters. The van der Waals surface area contributed by atoms with Crippen LogP contribution in [0.1, 0.15) is 38.3 Å². The highest BCUT2D eigenvalue weighted by Gasteiger charge is 2.22. The summed E-state index contributed by atoms with van der Waals surface area (Å²) in [6.07, 6.45) is 2.30. The standard InChI is InChI=1S/C16H19Br2N5/c1-9(2)23-13-6-12(17)14(18)11(7-19)15(13)22-16(23)21-10-4-3-5-20-8-10/h6,9-10,20H,3-5,8H2,1-2H3,(H,21,22). The van der Waals surface area contributed by atoms with Crippen LogP contribution in [-0.4, -0.2) is 28.7 Å². The molecule has 0 radical (unpaired) electrons. The van der Waals surface area contributed by atoms with Crippen LogP contribution in [0.25, 0.3) is 11.0 Å². The lowest BCUT2D eigenvalue weighted by Gasteiger charge is -2.25. The number of rotatable bonds is 3. The van der Waals surface area contributed by atoms with Gasteiger partial charge in [0.15, 0.2) is 0 Å². The van der Waals surface area contributed by atoms with Gasteiger partial charge in [-0.2, -0.15) is 5.26 Å². The van der Waals surface area contributed by atoms with Crippen LogP contribution in [0.15, 0.2) is 15.0 Å². The summed E-state index contributed by atoms with van der Waals surface area (Å²) >= 11 is 7.01. The van der Waals surface area contributed by atoms with Gasteiger partial charge in [0.1, 0.15) is 11.6 Å². The van der Waals surface area contributed by atoms with Crippen LogP contribution in [0.5, 0.6) is 0 Å². The first-order valence-corrected chi connectivity index (χ1v) is 9.38. The van der Waals surface area contributed by atoms with E-state index in [4.69, 9.17) is 4.98 Å². The number of benzene rings is 1. The molecule has 0 amide bonds. The minimum atomic E-state index is 0.249. The van der Waals surface area contributed by atoms with E-state index < -0.39 is 0 Å². The zero-order valence-electron chi connectivity index (χ0n) is 13.2. The monoisotopic (exact) mass is 439 g/mol. The van der Waals surface area contributed by atoms with Gasteiger partial charge in [-0.15, -0.1) is 0 Å². The minimum absolute atomic E-state index is 0.249. The molecule has 3 rings (SSSR count). The summed E-state index contributed by atoms with van der Waals surface area (Å²) in [4.78, 5) is 4.75. The van der Waals surface area contributed by atoms with Crippen molar-refractivity contribution in [2.75, 3.05) is 18.4 Å². The lowest BCUT2D eigenvalue weighted by atomic mass is 10.1. The van der Waals surface area contributed by atoms with Gasteiger partial charge >= 0.3 is 0 Å². The Morgan fingerprint density at radius 1 is 1.48 bits per heavy atom. The van der Waals surface area contributed by atoms with Crippen molar-refractivity contribution in [3.8, 4) is 6.07 Å². The number of anilines is 1. The molecule has 7 heteroatoms. The van der Waals surface area contributed by atoms with Crippen molar-refractivity contribution in [3.63, 3.8) is 0 Å². The Labute approximate surface area is 152 Å². The van der Waals surface area contributed by atoms with Crippen LogP contribution >= 0.6 is 31.9 Å². The van der Waals surface area contributed by atoms with Gasteiger partial charge in [-0.1, -0.05) is 0 Å². The number of halogens is 2. The summed E-state index contributed by atoms with van der Waals surface area (Å²) in [5, 5.41) is 16.5. The van der Waals surface area contributed by atoms with Gasteiger partial charge in [-0.25, -0.2) is 4.98 Å². The summed E-state index contributed by atoms with van der Waals surface area (Å²) in [7, 11) is 0. The van der Waals surface area contributed by atoms with E-state index in [0.29, 0.717) is 11.6 Å². The molecule has 1 aliphatic rings. The number of piperidine rings is 1. The summed E-state index contributed by atoms with van der Waals surface area (Å²) in [5.41, 5.74) is 2.28. The number of imidazole rings is 1. The first kappa shape index (κ1) is 16.7. The highest BCUT2D eigenvalue weighted by Crippen LogP contribution is 2.36. The van der Waals surface area contributed by atoms with Gasteiger partial charge in [-0.05, 0) is 71.2 Å². The topological polar surface area (TPSA) is 65.7 Å². The first-order chi connectivity index (χ1) is 11.0. The van der Waals surface area contributed by atoms with E-state index in [-0.39, 0.29) is 6.04 Å². The Balaban J connectivity index is 2.13. The lowest BCUT2D eigenvalue weighted by Crippen LogP contribution is -2.39. The normalized spacial score (nSPS) is 18.3. The molecule has 0 saturated carbocycles. The molecule has 1 aromatic heterocycles. The average Bonchev–Trinajstić information content (AvgIpc) is 2.87. The second-order valence-electron chi connectivity index (χ2n) is 6.11. The summed E-state index contributed by atoms with van der Waals surface area (Å²) < 4.78 is 3.79. The Hall–Kier alpha value is -1.10. The highest BCUT2D eigenvalue weighted by atomic mass is 79.9. The predicted molar refractivity (Wildman–Crippen MR) is 99.7 cm³/mol. The Morgan fingerprint density at radius 2 is 2.26 bits per heavy atom. The third-order valence-electron chi connectivity index (χ3n) is 4.14. The van der Waals surface area contributed by atoms with Gasteiger partial charge in [-0.3, -0.25) is 0 Å². The molecule has 1 saturated heterocycles. The number of nitrogens with zero attached hydrogens (tertiary/aromatic N) is 3. The molecule has 1 aromatic carbocycles. The van der Waals surface area contributed by atoms with Crippen LogP contribution in [-0.2, 0) is 0 Å². The molecule has 0 bridgehead atoms. The Kier molecular flexibility index (Phi) is 4.95. The smallest absolute Gasteiger partial charge is 0.204 e. The number of nitrogens with one attached hydrogen (secondary N) is 2. The summed E-state index contributed by atoms with van der Waals surface area (Å²) in [6, 6.07) is 4.91. The van der Waals surface area contributed by atoms with Crippen molar-refractivity contribution in [3.05, 3.63) is 20.6 Å². The van der Waals surface area contributed by atoms with E-state index in [0.717, 1.165) is 45.4 Å². The maximum atomic E-state index is 9.52. The second-order valence-corrected chi connectivity index (χ2v) is 7.76. The van der Waals surface area contributed by atoms with E-state index in [9.17, 15) is 5.26 Å². The van der Waals surface area contributed by atoms with Crippen molar-refractivity contribution in [2.24, 2.45) is 0 Å². The third-order valence-corrected chi connectivity index (χ3v) is 6.12. The molecule has 0 spiro atoms. The lowest BCUT2D eigenvalue weighted by molar-refractivity contribution is 0.474. The fraction of sp³-hybridized carbons (Fsp3) is 0.500. The van der Waals surface area contributed by atoms with Gasteiger partial charge in [0, 0.05) is 23.1 Å². The van der Waals surface area contributed by atoms with E-state index in [1.165, 1.54) is 6.42 Å². The van der Waals surface area contributed by atoms with Gasteiger partial charge in [0.25, 0.3) is 0 Å². The summed E-state index contributed by atoms with van der Waals surface area (Å²) in [6.45, 7) is 6.29. The van der Waals surface area contributed by atoms with E-state index in [1.54, 1.807) is 0 Å². The van der Waals surface area contributed by atoms with Crippen LogP contribution in [0.3, 0.4) is 0 Å². The maximum absolute atomic E-state index is 9.52. The predicted octanol–water partition coefficient (Wildman–Crippen LogP) is 4.18. The van der Waals surface area contributed by atoms with Crippen molar-refractivity contribution in [2.45, 2.75) is 38.8 Å². The van der Waals surface area contributed by atoms with Crippen LogP contribution in [0.2, 0.25) is 0 Å². The minimum Gasteiger partial charge on any atom is -0.352 e. The van der Waals surface area contributed by atoms with Crippen molar-refractivity contribution in [1.29, 1.82) is 5.26 Å². The van der Waals surface area contributed by atoms with E-state index in [1.807, 2.05) is 6.07 Å². The molecule has 0 aliphatic carbocycles. The molecule has 122 valence electrons. The molecule has 5 nitrogen and oxygen atoms in total. The molecular formula is C16H19Br2N5. The highest BCUT2D eigenvalue weighted by molar-refractivity contribution is 9.13. The van der Waals surface area contributed by atoms with Crippen LogP contribution in [0.4, 0.5) is 5.95 Å². The fourth-order valence-electron chi connectivity index (χ4n) is 3.06. The molecule has 2 heterocycles. The second kappa shape index (κ2) is 6.80. The van der Waals surface area contributed by atoms with Gasteiger partial charge < -0.3 is 15.2 Å². The Bertz CT molecular complexity index is 769. The number of fused-ring (bicyclic) bond motifs is 1. The Morgan fingerprint density at radius 3 is 2.87 bits per heavy atom. The van der Waals surface area contributed by atoms with E-state index >= 15 is 0 Å². The third kappa shape index (κ3) is 3.12. The molecule has 1 aliphatic heterocycles. The fourth-order valence-corrected chi connectivity index (χ4v) is 3.86. The largest absolute Gasteiger partial charge is 0.352 e. The number of aromatic nitrogens is 2. The van der Waals surface area contributed by atoms with Crippen molar-refractivity contribution < 1.29 is 0 Å². The number of nitriles is 1. The number of hydrogen-bond donors (Lipinski definition) is 2. The quantitative estimate of drug-likeness (QED) is 0.751. The average molecular weight is 441 g/mol. The van der Waals surface area contributed by atoms with Gasteiger partial charge in [0.05, 0.1) is 15.6 Å². The zero-order valence-corrected chi connectivity index (χ0v) is 16.3. The van der Waals surface area contributed by atoms with Crippen molar-refractivity contribution in [1.82, 2.24) is 14.9 Å².